The average molecular weight is 323 g/mol. The van der Waals surface area contributed by atoms with E-state index in [0.717, 1.165) is 18.6 Å². The van der Waals surface area contributed by atoms with Crippen molar-refractivity contribution in [2.75, 3.05) is 13.1 Å². The van der Waals surface area contributed by atoms with Crippen LogP contribution >= 0.6 is 11.3 Å². The van der Waals surface area contributed by atoms with E-state index in [-0.39, 0.29) is 6.10 Å². The SMILES string of the molecule is O=S(=O)(c1ccccc1)N1CCC(Oc2ccsc2)CC1. The van der Waals surface area contributed by atoms with Gasteiger partial charge >= 0.3 is 0 Å². The summed E-state index contributed by atoms with van der Waals surface area (Å²) in [6.07, 6.45) is 1.55. The van der Waals surface area contributed by atoms with Crippen molar-refractivity contribution in [1.82, 2.24) is 4.31 Å². The van der Waals surface area contributed by atoms with Crippen molar-refractivity contribution in [3.63, 3.8) is 0 Å². The number of piperidine rings is 1. The molecule has 1 aromatic carbocycles. The largest absolute Gasteiger partial charge is 0.489 e. The summed E-state index contributed by atoms with van der Waals surface area (Å²) in [5.74, 6) is 0.879. The fraction of sp³-hybridized carbons (Fsp3) is 0.333. The van der Waals surface area contributed by atoms with Gasteiger partial charge in [0, 0.05) is 18.5 Å². The monoisotopic (exact) mass is 323 g/mol. The van der Waals surface area contributed by atoms with Crippen LogP contribution in [-0.4, -0.2) is 31.9 Å². The van der Waals surface area contributed by atoms with Gasteiger partial charge < -0.3 is 4.74 Å². The Morgan fingerprint density at radius 1 is 1.10 bits per heavy atom. The molecule has 2 aromatic rings. The van der Waals surface area contributed by atoms with Gasteiger partial charge in [-0.2, -0.15) is 4.31 Å². The van der Waals surface area contributed by atoms with E-state index in [1.807, 2.05) is 22.9 Å². The molecule has 2 heterocycles. The maximum absolute atomic E-state index is 12.5. The third-order valence-corrected chi connectivity index (χ3v) is 6.15. The molecule has 0 amide bonds. The summed E-state index contributed by atoms with van der Waals surface area (Å²) < 4.78 is 32.4. The molecule has 0 bridgehead atoms. The van der Waals surface area contributed by atoms with Gasteiger partial charge in [0.05, 0.1) is 4.90 Å². The summed E-state index contributed by atoms with van der Waals surface area (Å²) in [7, 11) is -3.37. The molecular formula is C15H17NO3S2. The molecule has 0 spiro atoms. The van der Waals surface area contributed by atoms with Crippen LogP contribution in [0.1, 0.15) is 12.8 Å². The fourth-order valence-electron chi connectivity index (χ4n) is 2.44. The first kappa shape index (κ1) is 14.6. The van der Waals surface area contributed by atoms with E-state index in [0.29, 0.717) is 18.0 Å². The lowest BCUT2D eigenvalue weighted by molar-refractivity contribution is 0.135. The predicted molar refractivity (Wildman–Crippen MR) is 83.2 cm³/mol. The Hall–Kier alpha value is -1.37. The Labute approximate surface area is 129 Å². The molecule has 0 atom stereocenters. The average Bonchev–Trinajstić information content (AvgIpc) is 3.02. The number of hydrogen-bond acceptors (Lipinski definition) is 4. The first-order valence-corrected chi connectivity index (χ1v) is 9.28. The summed E-state index contributed by atoms with van der Waals surface area (Å²) in [6, 6.07) is 10.5. The van der Waals surface area contributed by atoms with Crippen molar-refractivity contribution < 1.29 is 13.2 Å². The Morgan fingerprint density at radius 2 is 1.81 bits per heavy atom. The van der Waals surface area contributed by atoms with Gasteiger partial charge in [-0.1, -0.05) is 18.2 Å². The van der Waals surface area contributed by atoms with E-state index >= 15 is 0 Å². The molecule has 0 radical (unpaired) electrons. The second kappa shape index (κ2) is 6.17. The van der Waals surface area contributed by atoms with Gasteiger partial charge in [-0.05, 0) is 36.4 Å². The summed E-state index contributed by atoms with van der Waals surface area (Å²) in [4.78, 5) is 0.363. The topological polar surface area (TPSA) is 46.6 Å². The van der Waals surface area contributed by atoms with Crippen molar-refractivity contribution in [1.29, 1.82) is 0 Å². The molecular weight excluding hydrogens is 306 g/mol. The molecule has 0 unspecified atom stereocenters. The summed E-state index contributed by atoms with van der Waals surface area (Å²) in [5.41, 5.74) is 0. The van der Waals surface area contributed by atoms with Gasteiger partial charge in [-0.15, -0.1) is 11.3 Å². The van der Waals surface area contributed by atoms with Gasteiger partial charge in [-0.25, -0.2) is 8.42 Å². The Bertz CT molecular complexity index is 660. The van der Waals surface area contributed by atoms with Crippen molar-refractivity contribution in [2.24, 2.45) is 0 Å². The first-order valence-electron chi connectivity index (χ1n) is 6.90. The molecule has 1 aliphatic rings. The molecule has 0 N–H and O–H groups in total. The highest BCUT2D eigenvalue weighted by Gasteiger charge is 2.29. The number of thiophene rings is 1. The van der Waals surface area contributed by atoms with Crippen LogP contribution in [0.15, 0.2) is 52.1 Å². The number of ether oxygens (including phenoxy) is 1. The molecule has 0 aliphatic carbocycles. The Kier molecular flexibility index (Phi) is 4.28. The van der Waals surface area contributed by atoms with E-state index in [9.17, 15) is 8.42 Å². The first-order chi connectivity index (χ1) is 10.2. The van der Waals surface area contributed by atoms with E-state index in [4.69, 9.17) is 4.74 Å². The highest BCUT2D eigenvalue weighted by atomic mass is 32.2. The zero-order chi connectivity index (χ0) is 14.7. The minimum Gasteiger partial charge on any atom is -0.489 e. The lowest BCUT2D eigenvalue weighted by Gasteiger charge is -2.31. The smallest absolute Gasteiger partial charge is 0.243 e. The minimum absolute atomic E-state index is 0.0989. The maximum atomic E-state index is 12.5. The van der Waals surface area contributed by atoms with Crippen LogP contribution < -0.4 is 4.74 Å². The fourth-order valence-corrected chi connectivity index (χ4v) is 4.49. The van der Waals surface area contributed by atoms with E-state index in [1.165, 1.54) is 0 Å². The van der Waals surface area contributed by atoms with Crippen LogP contribution in [-0.2, 0) is 10.0 Å². The van der Waals surface area contributed by atoms with Gasteiger partial charge in [0.15, 0.2) is 0 Å². The van der Waals surface area contributed by atoms with E-state index in [2.05, 4.69) is 0 Å². The Balaban J connectivity index is 1.63. The number of hydrogen-bond donors (Lipinski definition) is 0. The Morgan fingerprint density at radius 3 is 2.43 bits per heavy atom. The molecule has 1 aromatic heterocycles. The lowest BCUT2D eigenvalue weighted by Crippen LogP contribution is -2.41. The second-order valence-electron chi connectivity index (χ2n) is 4.99. The van der Waals surface area contributed by atoms with Crippen LogP contribution in [0.25, 0.3) is 0 Å². The third kappa shape index (κ3) is 3.28. The highest BCUT2D eigenvalue weighted by molar-refractivity contribution is 7.89. The second-order valence-corrected chi connectivity index (χ2v) is 7.71. The number of nitrogens with zero attached hydrogens (tertiary/aromatic N) is 1. The predicted octanol–water partition coefficient (Wildman–Crippen LogP) is 2.98. The number of sulfonamides is 1. The van der Waals surface area contributed by atoms with Crippen LogP contribution in [0.3, 0.4) is 0 Å². The van der Waals surface area contributed by atoms with Crippen LogP contribution in [0, 0.1) is 0 Å². The molecule has 1 saturated heterocycles. The zero-order valence-electron chi connectivity index (χ0n) is 11.5. The molecule has 3 rings (SSSR count). The third-order valence-electron chi connectivity index (χ3n) is 3.58. The molecule has 0 saturated carbocycles. The normalized spacial score (nSPS) is 17.7. The van der Waals surface area contributed by atoms with E-state index in [1.54, 1.807) is 39.9 Å². The lowest BCUT2D eigenvalue weighted by atomic mass is 10.1. The number of benzene rings is 1. The van der Waals surface area contributed by atoms with Gasteiger partial charge in [0.1, 0.15) is 11.9 Å². The standard InChI is InChI=1S/C15H17NO3S2/c17-21(18,15-4-2-1-3-5-15)16-9-6-13(7-10-16)19-14-8-11-20-12-14/h1-5,8,11-13H,6-7,9-10H2. The van der Waals surface area contributed by atoms with Gasteiger partial charge in [-0.3, -0.25) is 0 Å². The summed E-state index contributed by atoms with van der Waals surface area (Å²) in [5, 5.41) is 3.94. The van der Waals surface area contributed by atoms with E-state index < -0.39 is 10.0 Å². The maximum Gasteiger partial charge on any atom is 0.243 e. The van der Waals surface area contributed by atoms with Crippen LogP contribution in [0.2, 0.25) is 0 Å². The van der Waals surface area contributed by atoms with Crippen LogP contribution in [0.5, 0.6) is 5.75 Å². The van der Waals surface area contributed by atoms with Crippen molar-refractivity contribution >= 4 is 21.4 Å². The molecule has 21 heavy (non-hydrogen) atoms. The number of rotatable bonds is 4. The zero-order valence-corrected chi connectivity index (χ0v) is 13.1. The van der Waals surface area contributed by atoms with Gasteiger partial charge in [0.25, 0.3) is 0 Å². The van der Waals surface area contributed by atoms with Gasteiger partial charge in [0.2, 0.25) is 10.0 Å². The molecule has 112 valence electrons. The molecule has 6 heteroatoms. The quantitative estimate of drug-likeness (QED) is 0.869. The van der Waals surface area contributed by atoms with Crippen LogP contribution in [0.4, 0.5) is 0 Å². The highest BCUT2D eigenvalue weighted by Crippen LogP contribution is 2.24. The van der Waals surface area contributed by atoms with Crippen molar-refractivity contribution in [3.8, 4) is 5.75 Å². The summed E-state index contributed by atoms with van der Waals surface area (Å²) in [6.45, 7) is 1.01. The molecule has 1 fully saturated rings. The molecule has 1 aliphatic heterocycles. The summed E-state index contributed by atoms with van der Waals surface area (Å²) >= 11 is 1.60. The molecule has 4 nitrogen and oxygen atoms in total. The minimum atomic E-state index is -3.37. The van der Waals surface area contributed by atoms with Crippen molar-refractivity contribution in [3.05, 3.63) is 47.2 Å². The van der Waals surface area contributed by atoms with Crippen molar-refractivity contribution in [2.45, 2.75) is 23.8 Å².